The number of morpholine rings is 1. The highest BCUT2D eigenvalue weighted by molar-refractivity contribution is 6.22. The molecule has 0 bridgehead atoms. The van der Waals surface area contributed by atoms with Crippen LogP contribution in [-0.4, -0.2) is 72.5 Å². The largest absolute Gasteiger partial charge is 0.379 e. The summed E-state index contributed by atoms with van der Waals surface area (Å²) in [5.41, 5.74) is 0.490. The molecule has 0 aliphatic carbocycles. The number of nitrogens with one attached hydrogen (secondary N) is 1. The Morgan fingerprint density at radius 3 is 2.24 bits per heavy atom. The first-order chi connectivity index (χ1) is 11.9. The molecule has 0 atom stereocenters. The van der Waals surface area contributed by atoms with Gasteiger partial charge in [-0.05, 0) is 26.0 Å². The van der Waals surface area contributed by atoms with E-state index in [1.54, 1.807) is 24.3 Å². The van der Waals surface area contributed by atoms with E-state index in [0.29, 0.717) is 30.9 Å². The second kappa shape index (κ2) is 6.93. The van der Waals surface area contributed by atoms with E-state index in [1.165, 1.54) is 0 Å². The molecule has 3 rings (SSSR count). The molecule has 0 spiro atoms. The molecule has 3 amide bonds. The van der Waals surface area contributed by atoms with Crippen LogP contribution in [-0.2, 0) is 9.53 Å². The highest BCUT2D eigenvalue weighted by Crippen LogP contribution is 2.22. The number of carbonyl (C=O) groups excluding carboxylic acids is 3. The van der Waals surface area contributed by atoms with Gasteiger partial charge in [0.15, 0.2) is 0 Å². The molecular weight excluding hydrogens is 322 g/mol. The highest BCUT2D eigenvalue weighted by atomic mass is 16.5. The highest BCUT2D eigenvalue weighted by Gasteiger charge is 2.36. The minimum absolute atomic E-state index is 0.221. The summed E-state index contributed by atoms with van der Waals surface area (Å²) in [7, 11) is 0. The summed E-state index contributed by atoms with van der Waals surface area (Å²) in [6, 6.07) is 6.63. The smallest absolute Gasteiger partial charge is 0.262 e. The Morgan fingerprint density at radius 1 is 1.12 bits per heavy atom. The third-order valence-electron chi connectivity index (χ3n) is 4.77. The van der Waals surface area contributed by atoms with Crippen molar-refractivity contribution in [2.45, 2.75) is 19.4 Å². The van der Waals surface area contributed by atoms with Crippen molar-refractivity contribution in [2.24, 2.45) is 0 Å². The monoisotopic (exact) mass is 345 g/mol. The molecule has 2 heterocycles. The van der Waals surface area contributed by atoms with Gasteiger partial charge in [-0.3, -0.25) is 24.2 Å². The summed E-state index contributed by atoms with van der Waals surface area (Å²) < 4.78 is 5.35. The van der Waals surface area contributed by atoms with Gasteiger partial charge < -0.3 is 10.1 Å². The van der Waals surface area contributed by atoms with E-state index in [4.69, 9.17) is 4.74 Å². The summed E-state index contributed by atoms with van der Waals surface area (Å²) in [6.07, 6.45) is 0. The number of amides is 3. The predicted molar refractivity (Wildman–Crippen MR) is 91.3 cm³/mol. The zero-order chi connectivity index (χ0) is 18.0. The number of fused-ring (bicyclic) bond motifs is 1. The van der Waals surface area contributed by atoms with Gasteiger partial charge in [0.2, 0.25) is 5.91 Å². The van der Waals surface area contributed by atoms with Crippen LogP contribution in [0.3, 0.4) is 0 Å². The van der Waals surface area contributed by atoms with Crippen molar-refractivity contribution >= 4 is 17.7 Å². The second-order valence-electron chi connectivity index (χ2n) is 6.93. The van der Waals surface area contributed by atoms with Gasteiger partial charge in [-0.1, -0.05) is 12.1 Å². The van der Waals surface area contributed by atoms with Gasteiger partial charge in [0.25, 0.3) is 11.8 Å². The number of hydrogen-bond acceptors (Lipinski definition) is 5. The lowest BCUT2D eigenvalue weighted by atomic mass is 10.0. The Kier molecular flexibility index (Phi) is 4.87. The minimum atomic E-state index is -0.414. The maximum Gasteiger partial charge on any atom is 0.262 e. The number of rotatable bonds is 5. The molecule has 0 saturated carbocycles. The molecule has 1 aromatic rings. The lowest BCUT2D eigenvalue weighted by Gasteiger charge is -2.40. The van der Waals surface area contributed by atoms with Crippen molar-refractivity contribution in [3.8, 4) is 0 Å². The fourth-order valence-corrected chi connectivity index (χ4v) is 3.18. The number of ether oxygens (including phenoxy) is 1. The first-order valence-electron chi connectivity index (χ1n) is 8.45. The molecule has 25 heavy (non-hydrogen) atoms. The molecule has 1 N–H and O–H groups in total. The van der Waals surface area contributed by atoms with Crippen molar-refractivity contribution in [3.05, 3.63) is 35.4 Å². The van der Waals surface area contributed by atoms with Crippen LogP contribution in [0.4, 0.5) is 0 Å². The van der Waals surface area contributed by atoms with Gasteiger partial charge in [0.05, 0.1) is 24.3 Å². The number of benzene rings is 1. The predicted octanol–water partition coefficient (Wildman–Crippen LogP) is 0.510. The number of nitrogens with zero attached hydrogens (tertiary/aromatic N) is 2. The molecular formula is C18H23N3O4. The van der Waals surface area contributed by atoms with Gasteiger partial charge >= 0.3 is 0 Å². The summed E-state index contributed by atoms with van der Waals surface area (Å²) in [5, 5.41) is 2.85. The standard InChI is InChI=1S/C18H23N3O4/c1-18(2,20-7-9-25-10-8-20)12-19-15(22)11-21-16(23)13-5-3-4-6-14(13)17(21)24/h3-6H,7-12H2,1-2H3,(H,19,22). The molecule has 0 radical (unpaired) electrons. The van der Waals surface area contributed by atoms with Crippen LogP contribution in [0.1, 0.15) is 34.6 Å². The van der Waals surface area contributed by atoms with Gasteiger partial charge in [0, 0.05) is 25.2 Å². The van der Waals surface area contributed by atoms with E-state index in [9.17, 15) is 14.4 Å². The summed E-state index contributed by atoms with van der Waals surface area (Å²) in [5.74, 6) is -1.16. The van der Waals surface area contributed by atoms with Crippen molar-refractivity contribution in [3.63, 3.8) is 0 Å². The van der Waals surface area contributed by atoms with Crippen molar-refractivity contribution in [1.82, 2.24) is 15.1 Å². The van der Waals surface area contributed by atoms with Crippen LogP contribution in [0, 0.1) is 0 Å². The zero-order valence-corrected chi connectivity index (χ0v) is 14.6. The third-order valence-corrected chi connectivity index (χ3v) is 4.77. The van der Waals surface area contributed by atoms with Crippen LogP contribution < -0.4 is 5.32 Å². The van der Waals surface area contributed by atoms with Crippen LogP contribution in [0.5, 0.6) is 0 Å². The number of imide groups is 1. The fraction of sp³-hybridized carbons (Fsp3) is 0.500. The molecule has 1 fully saturated rings. The molecule has 1 saturated heterocycles. The van der Waals surface area contributed by atoms with E-state index in [2.05, 4.69) is 24.1 Å². The van der Waals surface area contributed by atoms with E-state index in [-0.39, 0.29) is 18.0 Å². The number of hydrogen-bond donors (Lipinski definition) is 1. The van der Waals surface area contributed by atoms with Crippen LogP contribution in [0.15, 0.2) is 24.3 Å². The van der Waals surface area contributed by atoms with Gasteiger partial charge in [-0.2, -0.15) is 0 Å². The SMILES string of the molecule is CC(C)(CNC(=O)CN1C(=O)c2ccccc2C1=O)N1CCOCC1. The summed E-state index contributed by atoms with van der Waals surface area (Å²) in [4.78, 5) is 40.1. The van der Waals surface area contributed by atoms with Gasteiger partial charge in [0.1, 0.15) is 6.54 Å². The van der Waals surface area contributed by atoms with Crippen molar-refractivity contribution < 1.29 is 19.1 Å². The summed E-state index contributed by atoms with van der Waals surface area (Å²) in [6.45, 7) is 7.31. The molecule has 7 heteroatoms. The Morgan fingerprint density at radius 2 is 1.68 bits per heavy atom. The molecule has 0 unspecified atom stereocenters. The van der Waals surface area contributed by atoms with E-state index in [0.717, 1.165) is 18.0 Å². The number of carbonyl (C=O) groups is 3. The average Bonchev–Trinajstić information content (AvgIpc) is 2.86. The van der Waals surface area contributed by atoms with E-state index in [1.807, 2.05) is 0 Å². The maximum absolute atomic E-state index is 12.3. The molecule has 7 nitrogen and oxygen atoms in total. The molecule has 134 valence electrons. The van der Waals surface area contributed by atoms with Crippen LogP contribution in [0.2, 0.25) is 0 Å². The second-order valence-corrected chi connectivity index (χ2v) is 6.93. The summed E-state index contributed by atoms with van der Waals surface area (Å²) >= 11 is 0. The normalized spacial score (nSPS) is 18.4. The van der Waals surface area contributed by atoms with E-state index < -0.39 is 11.8 Å². The van der Waals surface area contributed by atoms with Crippen molar-refractivity contribution in [2.75, 3.05) is 39.4 Å². The first kappa shape index (κ1) is 17.6. The van der Waals surface area contributed by atoms with Gasteiger partial charge in [-0.25, -0.2) is 0 Å². The Labute approximate surface area is 146 Å². The fourth-order valence-electron chi connectivity index (χ4n) is 3.18. The van der Waals surface area contributed by atoms with Crippen LogP contribution in [0.25, 0.3) is 0 Å². The lowest BCUT2D eigenvalue weighted by Crippen LogP contribution is -2.56. The lowest BCUT2D eigenvalue weighted by molar-refractivity contribution is -0.122. The quantitative estimate of drug-likeness (QED) is 0.787. The molecule has 1 aromatic carbocycles. The third kappa shape index (κ3) is 3.57. The topological polar surface area (TPSA) is 79.0 Å². The van der Waals surface area contributed by atoms with Gasteiger partial charge in [-0.15, -0.1) is 0 Å². The maximum atomic E-state index is 12.3. The Balaban J connectivity index is 1.56. The zero-order valence-electron chi connectivity index (χ0n) is 14.6. The van der Waals surface area contributed by atoms with Crippen LogP contribution >= 0.6 is 0 Å². The average molecular weight is 345 g/mol. The molecule has 2 aliphatic heterocycles. The molecule has 0 aromatic heterocycles. The molecule has 2 aliphatic rings. The Bertz CT molecular complexity index is 660. The van der Waals surface area contributed by atoms with Crippen molar-refractivity contribution in [1.29, 1.82) is 0 Å². The van der Waals surface area contributed by atoms with E-state index >= 15 is 0 Å². The minimum Gasteiger partial charge on any atom is -0.379 e. The Hall–Kier alpha value is -2.25. The first-order valence-corrected chi connectivity index (χ1v) is 8.45.